The van der Waals surface area contributed by atoms with Gasteiger partial charge in [-0.05, 0) is 43.3 Å². The van der Waals surface area contributed by atoms with Gasteiger partial charge in [0, 0.05) is 20.2 Å². The maximum Gasteiger partial charge on any atom is 0.0779 e. The zero-order chi connectivity index (χ0) is 13.1. The quantitative estimate of drug-likeness (QED) is 0.538. The van der Waals surface area contributed by atoms with Crippen molar-refractivity contribution in [1.82, 2.24) is 0 Å². The summed E-state index contributed by atoms with van der Waals surface area (Å²) in [6, 6.07) is 18.7. The second kappa shape index (κ2) is 5.44. The van der Waals surface area contributed by atoms with Gasteiger partial charge in [-0.2, -0.15) is 0 Å². The lowest BCUT2D eigenvalue weighted by Gasteiger charge is -1.87. The first-order chi connectivity index (χ1) is 9.31. The molecule has 0 unspecified atom stereocenters. The van der Waals surface area contributed by atoms with E-state index in [2.05, 4.69) is 43.0 Å². The summed E-state index contributed by atoms with van der Waals surface area (Å²) in [7, 11) is 0. The minimum absolute atomic E-state index is 1.06. The fraction of sp³-hybridized carbons (Fsp3) is 0.0588. The topological polar surface area (TPSA) is 0 Å². The molecule has 0 aliphatic heterocycles. The van der Waals surface area contributed by atoms with Crippen LogP contribution in [0.4, 0.5) is 0 Å². The highest BCUT2D eigenvalue weighted by atomic mass is 32.1. The van der Waals surface area contributed by atoms with Gasteiger partial charge < -0.3 is 0 Å². The Morgan fingerprint density at radius 2 is 1.47 bits per heavy atom. The Bertz CT molecular complexity index is 736. The van der Waals surface area contributed by atoms with E-state index in [1.165, 1.54) is 14.6 Å². The molecule has 2 aromatic heterocycles. The molecule has 0 saturated heterocycles. The molecule has 0 amide bonds. The number of benzene rings is 1. The summed E-state index contributed by atoms with van der Waals surface area (Å²) in [4.78, 5) is 5.09. The minimum atomic E-state index is 1.06. The summed E-state index contributed by atoms with van der Waals surface area (Å²) in [5, 5.41) is 0. The lowest BCUT2D eigenvalue weighted by atomic mass is 10.2. The fourth-order valence-electron chi connectivity index (χ4n) is 1.76. The molecular weight excluding hydrogens is 268 g/mol. The molecule has 0 aliphatic carbocycles. The third kappa shape index (κ3) is 2.96. The highest BCUT2D eigenvalue weighted by Gasteiger charge is 2.03. The Kier molecular flexibility index (Phi) is 3.50. The largest absolute Gasteiger partial charge is 0.140 e. The van der Waals surface area contributed by atoms with E-state index < -0.39 is 0 Å². The van der Waals surface area contributed by atoms with Crippen molar-refractivity contribution >= 4 is 22.7 Å². The van der Waals surface area contributed by atoms with Gasteiger partial charge in [-0.3, -0.25) is 0 Å². The molecule has 0 atom stereocenters. The first kappa shape index (κ1) is 12.2. The number of aryl methyl sites for hydroxylation is 1. The van der Waals surface area contributed by atoms with Crippen LogP contribution < -0.4 is 0 Å². The third-order valence-corrected chi connectivity index (χ3v) is 4.89. The average molecular weight is 280 g/mol. The summed E-state index contributed by atoms with van der Waals surface area (Å²) in [5.41, 5.74) is 1.06. The monoisotopic (exact) mass is 280 g/mol. The maximum atomic E-state index is 3.23. The fourth-order valence-corrected chi connectivity index (χ4v) is 3.58. The van der Waals surface area contributed by atoms with Crippen molar-refractivity contribution in [3.63, 3.8) is 0 Å². The smallest absolute Gasteiger partial charge is 0.0779 e. The molecule has 0 N–H and O–H groups in total. The van der Waals surface area contributed by atoms with E-state index >= 15 is 0 Å². The SMILES string of the molecule is Cc1ccc(-c2ccc(C#Cc3ccccc3)s2)s1. The summed E-state index contributed by atoms with van der Waals surface area (Å²) < 4.78 is 0. The molecule has 3 aromatic rings. The second-order valence-electron chi connectivity index (χ2n) is 4.19. The molecule has 0 saturated carbocycles. The Balaban J connectivity index is 1.85. The van der Waals surface area contributed by atoms with E-state index in [1.807, 2.05) is 41.7 Å². The van der Waals surface area contributed by atoms with E-state index in [-0.39, 0.29) is 0 Å². The molecule has 0 aliphatic rings. The summed E-state index contributed by atoms with van der Waals surface area (Å²) in [5.74, 6) is 6.43. The minimum Gasteiger partial charge on any atom is -0.140 e. The van der Waals surface area contributed by atoms with Crippen LogP contribution in [0.3, 0.4) is 0 Å². The zero-order valence-electron chi connectivity index (χ0n) is 10.5. The van der Waals surface area contributed by atoms with Gasteiger partial charge in [-0.25, -0.2) is 0 Å². The Labute approximate surface area is 121 Å². The van der Waals surface area contributed by atoms with Gasteiger partial charge in [0.05, 0.1) is 4.88 Å². The first-order valence-corrected chi connectivity index (χ1v) is 7.68. The van der Waals surface area contributed by atoms with Crippen LogP contribution in [-0.4, -0.2) is 0 Å². The number of thiophene rings is 2. The van der Waals surface area contributed by atoms with Gasteiger partial charge >= 0.3 is 0 Å². The van der Waals surface area contributed by atoms with Gasteiger partial charge in [0.25, 0.3) is 0 Å². The Morgan fingerprint density at radius 1 is 0.737 bits per heavy atom. The molecule has 0 fully saturated rings. The number of rotatable bonds is 1. The predicted molar refractivity (Wildman–Crippen MR) is 84.8 cm³/mol. The van der Waals surface area contributed by atoms with Crippen LogP contribution >= 0.6 is 22.7 Å². The third-order valence-electron chi connectivity index (χ3n) is 2.69. The van der Waals surface area contributed by atoms with Gasteiger partial charge in [0.1, 0.15) is 0 Å². The van der Waals surface area contributed by atoms with Crippen LogP contribution in [0.1, 0.15) is 15.3 Å². The molecule has 3 rings (SSSR count). The lowest BCUT2D eigenvalue weighted by Crippen LogP contribution is -1.70. The highest BCUT2D eigenvalue weighted by molar-refractivity contribution is 7.22. The number of hydrogen-bond acceptors (Lipinski definition) is 2. The summed E-state index contributed by atoms with van der Waals surface area (Å²) >= 11 is 3.59. The normalized spacial score (nSPS) is 9.95. The van der Waals surface area contributed by atoms with Gasteiger partial charge in [-0.15, -0.1) is 22.7 Å². The van der Waals surface area contributed by atoms with E-state index in [1.54, 1.807) is 11.3 Å². The molecule has 19 heavy (non-hydrogen) atoms. The van der Waals surface area contributed by atoms with Crippen molar-refractivity contribution < 1.29 is 0 Å². The van der Waals surface area contributed by atoms with Crippen molar-refractivity contribution in [1.29, 1.82) is 0 Å². The van der Waals surface area contributed by atoms with Crippen LogP contribution in [0.25, 0.3) is 9.75 Å². The van der Waals surface area contributed by atoms with Crippen molar-refractivity contribution in [2.45, 2.75) is 6.92 Å². The molecule has 2 heterocycles. The van der Waals surface area contributed by atoms with Gasteiger partial charge in [0.2, 0.25) is 0 Å². The van der Waals surface area contributed by atoms with Crippen LogP contribution in [0.5, 0.6) is 0 Å². The van der Waals surface area contributed by atoms with E-state index in [4.69, 9.17) is 0 Å². The van der Waals surface area contributed by atoms with Crippen LogP contribution in [0, 0.1) is 18.8 Å². The van der Waals surface area contributed by atoms with Crippen LogP contribution in [-0.2, 0) is 0 Å². The Hall–Kier alpha value is -1.82. The summed E-state index contributed by atoms with van der Waals surface area (Å²) in [6.45, 7) is 2.14. The average Bonchev–Trinajstić information content (AvgIpc) is 3.06. The van der Waals surface area contributed by atoms with Crippen molar-refractivity contribution in [3.8, 4) is 21.6 Å². The standard InChI is InChI=1S/C17H12S2/c1-13-7-11-16(18-13)17-12-10-15(19-17)9-8-14-5-3-2-4-6-14/h2-7,10-12H,1H3. The Morgan fingerprint density at radius 3 is 2.21 bits per heavy atom. The zero-order valence-corrected chi connectivity index (χ0v) is 12.1. The van der Waals surface area contributed by atoms with Crippen molar-refractivity contribution in [2.75, 3.05) is 0 Å². The molecule has 0 radical (unpaired) electrons. The van der Waals surface area contributed by atoms with Crippen LogP contribution in [0.15, 0.2) is 54.6 Å². The molecule has 2 heteroatoms. The van der Waals surface area contributed by atoms with Crippen LogP contribution in [0.2, 0.25) is 0 Å². The molecule has 0 nitrogen and oxygen atoms in total. The van der Waals surface area contributed by atoms with Crippen molar-refractivity contribution in [3.05, 3.63) is 69.9 Å². The van der Waals surface area contributed by atoms with Crippen molar-refractivity contribution in [2.24, 2.45) is 0 Å². The molecular formula is C17H12S2. The molecule has 92 valence electrons. The summed E-state index contributed by atoms with van der Waals surface area (Å²) in [6.07, 6.45) is 0. The molecule has 0 spiro atoms. The van der Waals surface area contributed by atoms with E-state index in [0.717, 1.165) is 10.4 Å². The van der Waals surface area contributed by atoms with Gasteiger partial charge in [-0.1, -0.05) is 30.0 Å². The lowest BCUT2D eigenvalue weighted by molar-refractivity contribution is 1.64. The second-order valence-corrected chi connectivity index (χ2v) is 6.56. The number of hydrogen-bond donors (Lipinski definition) is 0. The molecule has 0 bridgehead atoms. The highest BCUT2D eigenvalue weighted by Crippen LogP contribution is 2.32. The molecule has 1 aromatic carbocycles. The predicted octanol–water partition coefficient (Wildman–Crippen LogP) is 5.18. The van der Waals surface area contributed by atoms with Gasteiger partial charge in [0.15, 0.2) is 0 Å². The van der Waals surface area contributed by atoms with E-state index in [9.17, 15) is 0 Å². The van der Waals surface area contributed by atoms with E-state index in [0.29, 0.717) is 0 Å². The maximum absolute atomic E-state index is 3.23. The first-order valence-electron chi connectivity index (χ1n) is 6.05.